The van der Waals surface area contributed by atoms with Gasteiger partial charge in [-0.25, -0.2) is 4.79 Å². The minimum Gasteiger partial charge on any atom is -0.479 e. The zero-order chi connectivity index (χ0) is 9.94. The molecular weight excluding hydrogens is 162 g/mol. The third-order valence-electron chi connectivity index (χ3n) is 1.69. The maximum absolute atomic E-state index is 10.5. The highest BCUT2D eigenvalue weighted by atomic mass is 16.4. The fourth-order valence-electron chi connectivity index (χ4n) is 0.798. The summed E-state index contributed by atoms with van der Waals surface area (Å²) in [5.41, 5.74) is 2.98. The van der Waals surface area contributed by atoms with Crippen LogP contribution in [-0.2, 0) is 9.59 Å². The minimum atomic E-state index is -2.19. The highest BCUT2D eigenvalue weighted by Gasteiger charge is 2.43. The Labute approximate surface area is 70.2 Å². The van der Waals surface area contributed by atoms with E-state index in [9.17, 15) is 14.7 Å². The number of aliphatic carboxylic acids is 1. The largest absolute Gasteiger partial charge is 0.479 e. The Morgan fingerprint density at radius 1 is 1.58 bits per heavy atom. The van der Waals surface area contributed by atoms with E-state index < -0.39 is 17.6 Å². The van der Waals surface area contributed by atoms with E-state index in [0.29, 0.717) is 0 Å². The minimum absolute atomic E-state index is 0.0556. The van der Waals surface area contributed by atoms with Crippen LogP contribution in [0.1, 0.15) is 13.8 Å². The first-order valence-corrected chi connectivity index (χ1v) is 3.53. The Morgan fingerprint density at radius 3 is 2.08 bits per heavy atom. The molecule has 0 aromatic heterocycles. The summed E-state index contributed by atoms with van der Waals surface area (Å²) < 4.78 is 0. The molecule has 0 aliphatic rings. The van der Waals surface area contributed by atoms with Crippen LogP contribution in [0.5, 0.6) is 0 Å². The average Bonchev–Trinajstić information content (AvgIpc) is 2.01. The van der Waals surface area contributed by atoms with Crippen LogP contribution in [-0.4, -0.2) is 34.1 Å². The Bertz CT molecular complexity index is 192. The van der Waals surface area contributed by atoms with Gasteiger partial charge in [-0.05, 0) is 5.92 Å². The van der Waals surface area contributed by atoms with Gasteiger partial charge in [0.15, 0.2) is 11.8 Å². The van der Waals surface area contributed by atoms with Crippen LogP contribution < -0.4 is 5.73 Å². The van der Waals surface area contributed by atoms with Crippen molar-refractivity contribution >= 4 is 12.3 Å². The number of aliphatic hydroxyl groups excluding tert-OH is 1. The SMILES string of the molecule is CC(C)C(O)C(N)(C=O)C(=O)O. The van der Waals surface area contributed by atoms with Gasteiger partial charge in [-0.3, -0.25) is 0 Å². The molecule has 4 N–H and O–H groups in total. The van der Waals surface area contributed by atoms with Gasteiger partial charge in [0.1, 0.15) is 0 Å². The zero-order valence-electron chi connectivity index (χ0n) is 7.02. The monoisotopic (exact) mass is 175 g/mol. The number of carbonyl (C=O) groups is 2. The van der Waals surface area contributed by atoms with Crippen LogP contribution in [0.15, 0.2) is 0 Å². The Morgan fingerprint density at radius 2 is 2.00 bits per heavy atom. The lowest BCUT2D eigenvalue weighted by molar-refractivity contribution is -0.151. The first-order valence-electron chi connectivity index (χ1n) is 3.53. The molecule has 70 valence electrons. The van der Waals surface area contributed by atoms with E-state index in [2.05, 4.69) is 0 Å². The Kier molecular flexibility index (Phi) is 3.36. The summed E-state index contributed by atoms with van der Waals surface area (Å²) in [6.45, 7) is 3.16. The smallest absolute Gasteiger partial charge is 0.333 e. The van der Waals surface area contributed by atoms with Crippen molar-refractivity contribution in [1.29, 1.82) is 0 Å². The van der Waals surface area contributed by atoms with Crippen LogP contribution in [0.2, 0.25) is 0 Å². The van der Waals surface area contributed by atoms with E-state index in [1.807, 2.05) is 0 Å². The highest BCUT2D eigenvalue weighted by Crippen LogP contribution is 2.13. The molecule has 0 rings (SSSR count). The fraction of sp³-hybridized carbons (Fsp3) is 0.714. The lowest BCUT2D eigenvalue weighted by atomic mass is 9.88. The molecule has 2 unspecified atom stereocenters. The van der Waals surface area contributed by atoms with E-state index in [-0.39, 0.29) is 12.2 Å². The molecule has 0 aromatic rings. The van der Waals surface area contributed by atoms with Gasteiger partial charge < -0.3 is 20.7 Å². The molecule has 0 saturated heterocycles. The zero-order valence-corrected chi connectivity index (χ0v) is 7.02. The number of nitrogens with two attached hydrogens (primary N) is 1. The van der Waals surface area contributed by atoms with E-state index >= 15 is 0 Å². The Balaban J connectivity index is 4.75. The molecule has 0 heterocycles. The van der Waals surface area contributed by atoms with Gasteiger partial charge in [0, 0.05) is 0 Å². The summed E-state index contributed by atoms with van der Waals surface area (Å²) >= 11 is 0. The summed E-state index contributed by atoms with van der Waals surface area (Å²) in [5.74, 6) is -1.89. The summed E-state index contributed by atoms with van der Waals surface area (Å²) in [6.07, 6.45) is -1.31. The summed E-state index contributed by atoms with van der Waals surface area (Å²) in [5, 5.41) is 17.8. The predicted octanol–water partition coefficient (Wildman–Crippen LogP) is -1.02. The van der Waals surface area contributed by atoms with Crippen LogP contribution in [0.25, 0.3) is 0 Å². The lowest BCUT2D eigenvalue weighted by Crippen LogP contribution is -2.60. The molecule has 5 heteroatoms. The van der Waals surface area contributed by atoms with Gasteiger partial charge >= 0.3 is 5.97 Å². The molecule has 0 bridgehead atoms. The van der Waals surface area contributed by atoms with E-state index in [4.69, 9.17) is 10.8 Å². The molecule has 2 atom stereocenters. The lowest BCUT2D eigenvalue weighted by Gasteiger charge is -2.26. The third-order valence-corrected chi connectivity index (χ3v) is 1.69. The van der Waals surface area contributed by atoms with Gasteiger partial charge in [-0.2, -0.15) is 0 Å². The van der Waals surface area contributed by atoms with Gasteiger partial charge in [-0.1, -0.05) is 13.8 Å². The standard InChI is InChI=1S/C7H13NO4/c1-4(2)5(10)7(8,3-9)6(11)12/h3-5,10H,8H2,1-2H3,(H,11,12). The third kappa shape index (κ3) is 1.80. The van der Waals surface area contributed by atoms with E-state index in [0.717, 1.165) is 0 Å². The van der Waals surface area contributed by atoms with Crippen molar-refractivity contribution in [3.63, 3.8) is 0 Å². The normalized spacial score (nSPS) is 18.4. The number of carboxylic acid groups (broad SMARTS) is 1. The van der Waals surface area contributed by atoms with Crippen molar-refractivity contribution in [2.24, 2.45) is 11.7 Å². The topological polar surface area (TPSA) is 101 Å². The number of carbonyl (C=O) groups excluding carboxylic acids is 1. The van der Waals surface area contributed by atoms with Crippen LogP contribution in [0, 0.1) is 5.92 Å². The van der Waals surface area contributed by atoms with Crippen LogP contribution in [0.4, 0.5) is 0 Å². The number of hydrogen-bond acceptors (Lipinski definition) is 4. The van der Waals surface area contributed by atoms with Crippen molar-refractivity contribution in [1.82, 2.24) is 0 Å². The maximum Gasteiger partial charge on any atom is 0.333 e. The summed E-state index contributed by atoms with van der Waals surface area (Å²) in [4.78, 5) is 20.8. The fourth-order valence-corrected chi connectivity index (χ4v) is 0.798. The number of hydrogen-bond donors (Lipinski definition) is 3. The first kappa shape index (κ1) is 11.1. The van der Waals surface area contributed by atoms with Crippen LogP contribution in [0.3, 0.4) is 0 Å². The van der Waals surface area contributed by atoms with Crippen LogP contribution >= 0.6 is 0 Å². The average molecular weight is 175 g/mol. The van der Waals surface area contributed by atoms with Gasteiger partial charge in [0.05, 0.1) is 6.10 Å². The highest BCUT2D eigenvalue weighted by molar-refractivity contribution is 5.97. The summed E-state index contributed by atoms with van der Waals surface area (Å²) in [7, 11) is 0. The van der Waals surface area contributed by atoms with Crippen molar-refractivity contribution in [2.45, 2.75) is 25.5 Å². The molecule has 0 aromatic carbocycles. The van der Waals surface area contributed by atoms with E-state index in [1.54, 1.807) is 13.8 Å². The number of carboxylic acids is 1. The first-order chi connectivity index (χ1) is 5.36. The second-order valence-corrected chi connectivity index (χ2v) is 3.04. The molecule has 0 saturated carbocycles. The summed E-state index contributed by atoms with van der Waals surface area (Å²) in [6, 6.07) is 0. The second-order valence-electron chi connectivity index (χ2n) is 3.04. The van der Waals surface area contributed by atoms with Gasteiger partial charge in [0.2, 0.25) is 0 Å². The van der Waals surface area contributed by atoms with Crippen molar-refractivity contribution in [3.05, 3.63) is 0 Å². The van der Waals surface area contributed by atoms with Crippen molar-refractivity contribution in [2.75, 3.05) is 0 Å². The molecule has 5 nitrogen and oxygen atoms in total. The second kappa shape index (κ2) is 3.64. The van der Waals surface area contributed by atoms with E-state index in [1.165, 1.54) is 0 Å². The van der Waals surface area contributed by atoms with Crippen molar-refractivity contribution < 1.29 is 19.8 Å². The molecule has 0 aliphatic carbocycles. The number of aliphatic hydroxyl groups is 1. The Hall–Kier alpha value is -0.940. The molecule has 0 aliphatic heterocycles. The maximum atomic E-state index is 10.5. The molecule has 12 heavy (non-hydrogen) atoms. The number of rotatable bonds is 4. The molecule has 0 amide bonds. The molecule has 0 fully saturated rings. The number of aldehydes is 1. The quantitative estimate of drug-likeness (QED) is 0.375. The molecule has 0 radical (unpaired) electrons. The predicted molar refractivity (Wildman–Crippen MR) is 41.5 cm³/mol. The molecule has 0 spiro atoms. The van der Waals surface area contributed by atoms with Gasteiger partial charge in [-0.15, -0.1) is 0 Å². The molecular formula is C7H13NO4. The van der Waals surface area contributed by atoms with Gasteiger partial charge in [0.25, 0.3) is 0 Å². The van der Waals surface area contributed by atoms with Crippen molar-refractivity contribution in [3.8, 4) is 0 Å².